The normalized spacial score (nSPS) is 12.2. The van der Waals surface area contributed by atoms with E-state index in [0.717, 1.165) is 23.5 Å². The quantitative estimate of drug-likeness (QED) is 0.731. The number of benzene rings is 1. The molecule has 1 atom stereocenters. The van der Waals surface area contributed by atoms with Gasteiger partial charge in [0.25, 0.3) is 0 Å². The van der Waals surface area contributed by atoms with Crippen molar-refractivity contribution in [2.45, 2.75) is 26.9 Å². The van der Waals surface area contributed by atoms with Crippen molar-refractivity contribution in [1.82, 2.24) is 0 Å². The van der Waals surface area contributed by atoms with Crippen molar-refractivity contribution in [3.63, 3.8) is 0 Å². The van der Waals surface area contributed by atoms with Gasteiger partial charge in [-0.05, 0) is 38.0 Å². The first-order valence-corrected chi connectivity index (χ1v) is 5.65. The molecule has 2 heteroatoms. The molecular weight excluding hydrogens is 200 g/mol. The molecule has 0 spiro atoms. The van der Waals surface area contributed by atoms with E-state index in [2.05, 4.69) is 6.58 Å². The minimum atomic E-state index is 0.0683. The first kappa shape index (κ1) is 12.8. The molecule has 0 N–H and O–H groups in total. The highest BCUT2D eigenvalue weighted by Crippen LogP contribution is 2.23. The molecule has 0 saturated heterocycles. The fourth-order valence-corrected chi connectivity index (χ4v) is 1.51. The van der Waals surface area contributed by atoms with E-state index in [1.165, 1.54) is 0 Å². The molecule has 2 nitrogen and oxygen atoms in total. The van der Waals surface area contributed by atoms with Gasteiger partial charge in [0, 0.05) is 6.61 Å². The summed E-state index contributed by atoms with van der Waals surface area (Å²) in [5.41, 5.74) is 2.24. The third-order valence-corrected chi connectivity index (χ3v) is 2.43. The van der Waals surface area contributed by atoms with Gasteiger partial charge < -0.3 is 9.47 Å². The molecule has 16 heavy (non-hydrogen) atoms. The molecule has 0 saturated carbocycles. The van der Waals surface area contributed by atoms with E-state index in [1.807, 2.05) is 45.0 Å². The minimum absolute atomic E-state index is 0.0683. The molecule has 0 aromatic heterocycles. The van der Waals surface area contributed by atoms with Gasteiger partial charge in [-0.25, -0.2) is 0 Å². The lowest BCUT2D eigenvalue weighted by Crippen LogP contribution is -2.19. The van der Waals surface area contributed by atoms with Crippen molar-refractivity contribution >= 4 is 6.08 Å². The number of rotatable bonds is 6. The largest absolute Gasteiger partial charge is 0.488 e. The zero-order chi connectivity index (χ0) is 12.0. The van der Waals surface area contributed by atoms with Crippen LogP contribution in [0.25, 0.3) is 6.08 Å². The van der Waals surface area contributed by atoms with Crippen LogP contribution in [-0.4, -0.2) is 19.3 Å². The number of hydrogen-bond donors (Lipinski definition) is 0. The van der Waals surface area contributed by atoms with Crippen LogP contribution in [0, 0.1) is 6.92 Å². The van der Waals surface area contributed by atoms with Gasteiger partial charge in [0.15, 0.2) is 0 Å². The van der Waals surface area contributed by atoms with E-state index in [-0.39, 0.29) is 6.10 Å². The van der Waals surface area contributed by atoms with E-state index >= 15 is 0 Å². The van der Waals surface area contributed by atoms with Gasteiger partial charge in [-0.15, -0.1) is 0 Å². The SMILES string of the molecule is C=Cc1cccc(OC(C)COCC)c1C. The Hall–Kier alpha value is -1.28. The van der Waals surface area contributed by atoms with Crippen molar-refractivity contribution in [2.24, 2.45) is 0 Å². The highest BCUT2D eigenvalue weighted by Gasteiger charge is 2.07. The maximum Gasteiger partial charge on any atom is 0.123 e. The Bertz CT molecular complexity index is 345. The van der Waals surface area contributed by atoms with Gasteiger partial charge in [-0.2, -0.15) is 0 Å². The lowest BCUT2D eigenvalue weighted by Gasteiger charge is -2.17. The third-order valence-electron chi connectivity index (χ3n) is 2.43. The Kier molecular flexibility index (Phi) is 5.06. The Balaban J connectivity index is 2.69. The van der Waals surface area contributed by atoms with Gasteiger partial charge in [0.1, 0.15) is 11.9 Å². The second-order valence-electron chi connectivity index (χ2n) is 3.76. The minimum Gasteiger partial charge on any atom is -0.488 e. The van der Waals surface area contributed by atoms with Crippen molar-refractivity contribution in [2.75, 3.05) is 13.2 Å². The Morgan fingerprint density at radius 3 is 2.81 bits per heavy atom. The molecule has 0 aliphatic carbocycles. The summed E-state index contributed by atoms with van der Waals surface area (Å²) in [6.45, 7) is 11.2. The van der Waals surface area contributed by atoms with Crippen LogP contribution in [0.2, 0.25) is 0 Å². The van der Waals surface area contributed by atoms with Crippen LogP contribution in [0.15, 0.2) is 24.8 Å². The van der Waals surface area contributed by atoms with E-state index in [4.69, 9.17) is 9.47 Å². The Morgan fingerprint density at radius 2 is 2.19 bits per heavy atom. The average molecular weight is 220 g/mol. The summed E-state index contributed by atoms with van der Waals surface area (Å²) in [5, 5.41) is 0. The summed E-state index contributed by atoms with van der Waals surface area (Å²) in [6, 6.07) is 5.99. The van der Waals surface area contributed by atoms with Gasteiger partial charge in [-0.1, -0.05) is 24.8 Å². The predicted octanol–water partition coefficient (Wildman–Crippen LogP) is 3.44. The topological polar surface area (TPSA) is 18.5 Å². The molecule has 1 aromatic carbocycles. The monoisotopic (exact) mass is 220 g/mol. The maximum atomic E-state index is 5.82. The van der Waals surface area contributed by atoms with Crippen LogP contribution in [0.5, 0.6) is 5.75 Å². The molecule has 0 bridgehead atoms. The fourth-order valence-electron chi connectivity index (χ4n) is 1.51. The zero-order valence-corrected chi connectivity index (χ0v) is 10.3. The van der Waals surface area contributed by atoms with Gasteiger partial charge in [0.05, 0.1) is 6.61 Å². The van der Waals surface area contributed by atoms with Crippen molar-refractivity contribution in [3.05, 3.63) is 35.9 Å². The molecule has 0 radical (unpaired) electrons. The van der Waals surface area contributed by atoms with Crippen LogP contribution >= 0.6 is 0 Å². The molecule has 0 aliphatic rings. The van der Waals surface area contributed by atoms with E-state index in [0.29, 0.717) is 6.61 Å². The van der Waals surface area contributed by atoms with E-state index in [9.17, 15) is 0 Å². The second kappa shape index (κ2) is 6.33. The van der Waals surface area contributed by atoms with Crippen molar-refractivity contribution in [1.29, 1.82) is 0 Å². The standard InChI is InChI=1S/C14H20O2/c1-5-13-8-7-9-14(12(13)4)16-11(3)10-15-6-2/h5,7-9,11H,1,6,10H2,2-4H3. The molecule has 1 unspecified atom stereocenters. The van der Waals surface area contributed by atoms with Crippen LogP contribution < -0.4 is 4.74 Å². The van der Waals surface area contributed by atoms with E-state index in [1.54, 1.807) is 0 Å². The van der Waals surface area contributed by atoms with Crippen molar-refractivity contribution < 1.29 is 9.47 Å². The molecule has 88 valence electrons. The molecule has 0 aliphatic heterocycles. The summed E-state index contributed by atoms with van der Waals surface area (Å²) in [6.07, 6.45) is 1.91. The third kappa shape index (κ3) is 3.38. The number of ether oxygens (including phenoxy) is 2. The van der Waals surface area contributed by atoms with Gasteiger partial charge in [0.2, 0.25) is 0 Å². The molecule has 0 heterocycles. The molecule has 0 amide bonds. The molecule has 0 fully saturated rings. The molecular formula is C14H20O2. The highest BCUT2D eigenvalue weighted by molar-refractivity contribution is 5.55. The summed E-state index contributed by atoms with van der Waals surface area (Å²) < 4.78 is 11.1. The molecule has 1 aromatic rings. The zero-order valence-electron chi connectivity index (χ0n) is 10.3. The average Bonchev–Trinajstić information content (AvgIpc) is 2.29. The Labute approximate surface area is 97.9 Å². The Morgan fingerprint density at radius 1 is 1.44 bits per heavy atom. The van der Waals surface area contributed by atoms with Gasteiger partial charge >= 0.3 is 0 Å². The van der Waals surface area contributed by atoms with Gasteiger partial charge in [-0.3, -0.25) is 0 Å². The lowest BCUT2D eigenvalue weighted by atomic mass is 10.1. The predicted molar refractivity (Wildman–Crippen MR) is 67.9 cm³/mol. The van der Waals surface area contributed by atoms with Crippen LogP contribution in [-0.2, 0) is 4.74 Å². The fraction of sp³-hybridized carbons (Fsp3) is 0.429. The summed E-state index contributed by atoms with van der Waals surface area (Å²) >= 11 is 0. The lowest BCUT2D eigenvalue weighted by molar-refractivity contribution is 0.0653. The second-order valence-corrected chi connectivity index (χ2v) is 3.76. The summed E-state index contributed by atoms with van der Waals surface area (Å²) in [4.78, 5) is 0. The first-order valence-electron chi connectivity index (χ1n) is 5.65. The molecule has 1 rings (SSSR count). The smallest absolute Gasteiger partial charge is 0.123 e. The highest BCUT2D eigenvalue weighted by atomic mass is 16.5. The van der Waals surface area contributed by atoms with Crippen molar-refractivity contribution in [3.8, 4) is 5.75 Å². The van der Waals surface area contributed by atoms with Crippen LogP contribution in [0.1, 0.15) is 25.0 Å². The van der Waals surface area contributed by atoms with Crippen LogP contribution in [0.4, 0.5) is 0 Å². The first-order chi connectivity index (χ1) is 7.69. The summed E-state index contributed by atoms with van der Waals surface area (Å²) in [7, 11) is 0. The summed E-state index contributed by atoms with van der Waals surface area (Å²) in [5.74, 6) is 0.907. The maximum absolute atomic E-state index is 5.82. The van der Waals surface area contributed by atoms with Crippen LogP contribution in [0.3, 0.4) is 0 Å². The van der Waals surface area contributed by atoms with E-state index < -0.39 is 0 Å². The number of hydrogen-bond acceptors (Lipinski definition) is 2.